The zero-order chi connectivity index (χ0) is 14.3. The predicted octanol–water partition coefficient (Wildman–Crippen LogP) is 3.77. The van der Waals surface area contributed by atoms with Gasteiger partial charge in [-0.2, -0.15) is 0 Å². The second kappa shape index (κ2) is 8.34. The highest BCUT2D eigenvalue weighted by atomic mass is 15.1. The summed E-state index contributed by atoms with van der Waals surface area (Å²) in [6.07, 6.45) is 1.17. The molecule has 0 saturated carbocycles. The first-order valence-electron chi connectivity index (χ1n) is 7.62. The fourth-order valence-corrected chi connectivity index (χ4v) is 2.51. The fourth-order valence-electron chi connectivity index (χ4n) is 2.51. The quantitative estimate of drug-likeness (QED) is 0.767. The molecule has 0 aliphatic rings. The van der Waals surface area contributed by atoms with E-state index in [0.29, 0.717) is 12.1 Å². The molecule has 1 unspecified atom stereocenters. The van der Waals surface area contributed by atoms with Gasteiger partial charge < -0.3 is 10.2 Å². The minimum atomic E-state index is 0.471. The molecule has 0 spiro atoms. The lowest BCUT2D eigenvalue weighted by Crippen LogP contribution is -2.34. The molecule has 1 rings (SSSR count). The van der Waals surface area contributed by atoms with E-state index >= 15 is 0 Å². The summed E-state index contributed by atoms with van der Waals surface area (Å²) >= 11 is 0. The van der Waals surface area contributed by atoms with Gasteiger partial charge >= 0.3 is 0 Å². The van der Waals surface area contributed by atoms with Crippen LogP contribution >= 0.6 is 0 Å². The Kier molecular flexibility index (Phi) is 7.11. The average Bonchev–Trinajstić information content (AvgIpc) is 2.39. The van der Waals surface area contributed by atoms with Crippen molar-refractivity contribution in [3.8, 4) is 0 Å². The zero-order valence-electron chi connectivity index (χ0n) is 13.2. The second-order valence-corrected chi connectivity index (χ2v) is 5.53. The maximum absolute atomic E-state index is 3.61. The number of aryl methyl sites for hydroxylation is 1. The Morgan fingerprint density at radius 1 is 1.11 bits per heavy atom. The number of hydrogen-bond donors (Lipinski definition) is 1. The van der Waals surface area contributed by atoms with Crippen molar-refractivity contribution >= 4 is 0 Å². The molecule has 19 heavy (non-hydrogen) atoms. The van der Waals surface area contributed by atoms with Gasteiger partial charge in [0.05, 0.1) is 0 Å². The second-order valence-electron chi connectivity index (χ2n) is 5.53. The molecule has 0 heterocycles. The smallest absolute Gasteiger partial charge is 0.0332 e. The number of rotatable bonds is 8. The first-order chi connectivity index (χ1) is 9.08. The number of hydrogen-bond acceptors (Lipinski definition) is 2. The highest BCUT2D eigenvalue weighted by Crippen LogP contribution is 2.18. The van der Waals surface area contributed by atoms with Crippen molar-refractivity contribution in [3.63, 3.8) is 0 Å². The van der Waals surface area contributed by atoms with Gasteiger partial charge in [-0.25, -0.2) is 0 Å². The van der Waals surface area contributed by atoms with Crippen LogP contribution < -0.4 is 5.32 Å². The Balaban J connectivity index is 2.64. The normalized spacial score (nSPS) is 13.2. The van der Waals surface area contributed by atoms with Crippen molar-refractivity contribution in [3.05, 3.63) is 35.4 Å². The molecule has 1 aromatic rings. The van der Waals surface area contributed by atoms with Crippen LogP contribution in [-0.4, -0.2) is 30.6 Å². The van der Waals surface area contributed by atoms with E-state index in [1.807, 2.05) is 0 Å². The lowest BCUT2D eigenvalue weighted by Gasteiger charge is -2.27. The molecule has 0 saturated heterocycles. The van der Waals surface area contributed by atoms with Crippen LogP contribution in [0.3, 0.4) is 0 Å². The summed E-state index contributed by atoms with van der Waals surface area (Å²) in [5.74, 6) is 0. The third-order valence-electron chi connectivity index (χ3n) is 3.77. The van der Waals surface area contributed by atoms with Crippen LogP contribution in [0.1, 0.15) is 51.3 Å². The monoisotopic (exact) mass is 262 g/mol. The Morgan fingerprint density at radius 3 is 2.21 bits per heavy atom. The van der Waals surface area contributed by atoms with E-state index in [0.717, 1.165) is 19.6 Å². The van der Waals surface area contributed by atoms with E-state index in [9.17, 15) is 0 Å². The molecule has 2 nitrogen and oxygen atoms in total. The third kappa shape index (κ3) is 5.33. The molecule has 2 heteroatoms. The molecule has 1 aromatic carbocycles. The van der Waals surface area contributed by atoms with Gasteiger partial charge in [0.25, 0.3) is 0 Å². The van der Waals surface area contributed by atoms with Crippen molar-refractivity contribution in [2.24, 2.45) is 0 Å². The Hall–Kier alpha value is -0.860. The van der Waals surface area contributed by atoms with Crippen LogP contribution in [-0.2, 0) is 0 Å². The molecule has 108 valence electrons. The lowest BCUT2D eigenvalue weighted by atomic mass is 10.0. The molecule has 0 bridgehead atoms. The van der Waals surface area contributed by atoms with Gasteiger partial charge in [0.15, 0.2) is 0 Å². The van der Waals surface area contributed by atoms with Gasteiger partial charge in [-0.15, -0.1) is 0 Å². The van der Waals surface area contributed by atoms with Crippen LogP contribution in [0.5, 0.6) is 0 Å². The van der Waals surface area contributed by atoms with E-state index in [-0.39, 0.29) is 0 Å². The molecule has 0 radical (unpaired) electrons. The first-order valence-corrected chi connectivity index (χ1v) is 7.62. The molecule has 1 N–H and O–H groups in total. The Labute approximate surface area is 119 Å². The van der Waals surface area contributed by atoms with E-state index < -0.39 is 0 Å². The molecule has 0 aliphatic carbocycles. The van der Waals surface area contributed by atoms with Crippen molar-refractivity contribution in [2.45, 2.75) is 53.1 Å². The molecular weight excluding hydrogens is 232 g/mol. The van der Waals surface area contributed by atoms with Crippen molar-refractivity contribution in [2.75, 3.05) is 19.6 Å². The van der Waals surface area contributed by atoms with Crippen molar-refractivity contribution in [1.82, 2.24) is 10.2 Å². The number of nitrogens with one attached hydrogen (secondary N) is 1. The molecule has 0 amide bonds. The Morgan fingerprint density at radius 2 is 1.74 bits per heavy atom. The van der Waals surface area contributed by atoms with Crippen LogP contribution in [0.25, 0.3) is 0 Å². The highest BCUT2D eigenvalue weighted by Gasteiger charge is 2.13. The number of benzene rings is 1. The largest absolute Gasteiger partial charge is 0.310 e. The molecule has 0 aromatic heterocycles. The summed E-state index contributed by atoms with van der Waals surface area (Å²) in [5, 5.41) is 3.61. The van der Waals surface area contributed by atoms with E-state index in [1.165, 1.54) is 17.5 Å². The molecule has 0 aliphatic heterocycles. The van der Waals surface area contributed by atoms with Crippen LogP contribution in [0, 0.1) is 6.92 Å². The zero-order valence-corrected chi connectivity index (χ0v) is 13.2. The summed E-state index contributed by atoms with van der Waals surface area (Å²) in [6.45, 7) is 14.4. The number of nitrogens with zero attached hydrogens (tertiary/aromatic N) is 1. The van der Waals surface area contributed by atoms with Gasteiger partial charge in [-0.05, 0) is 45.8 Å². The Bertz CT molecular complexity index is 343. The van der Waals surface area contributed by atoms with Crippen LogP contribution in [0.4, 0.5) is 0 Å². The standard InChI is InChI=1S/C17H30N2/c1-6-18-17(12-13-19(7-2)14(3)4)16-10-8-15(5)9-11-16/h8-11,14,17-18H,6-7,12-13H2,1-5H3. The topological polar surface area (TPSA) is 15.3 Å². The minimum absolute atomic E-state index is 0.471. The predicted molar refractivity (Wildman–Crippen MR) is 84.6 cm³/mol. The van der Waals surface area contributed by atoms with Gasteiger partial charge in [0.2, 0.25) is 0 Å². The summed E-state index contributed by atoms with van der Waals surface area (Å²) < 4.78 is 0. The van der Waals surface area contributed by atoms with Crippen LogP contribution in [0.15, 0.2) is 24.3 Å². The van der Waals surface area contributed by atoms with Gasteiger partial charge in [0.1, 0.15) is 0 Å². The lowest BCUT2D eigenvalue weighted by molar-refractivity contribution is 0.220. The fraction of sp³-hybridized carbons (Fsp3) is 0.647. The van der Waals surface area contributed by atoms with E-state index in [4.69, 9.17) is 0 Å². The van der Waals surface area contributed by atoms with Crippen molar-refractivity contribution in [1.29, 1.82) is 0 Å². The minimum Gasteiger partial charge on any atom is -0.310 e. The summed E-state index contributed by atoms with van der Waals surface area (Å²) in [6, 6.07) is 10.0. The molecule has 1 atom stereocenters. The SMILES string of the molecule is CCNC(CCN(CC)C(C)C)c1ccc(C)cc1. The summed E-state index contributed by atoms with van der Waals surface area (Å²) in [5.41, 5.74) is 2.74. The average molecular weight is 262 g/mol. The highest BCUT2D eigenvalue weighted by molar-refractivity contribution is 5.24. The molecular formula is C17H30N2. The summed E-state index contributed by atoms with van der Waals surface area (Å²) in [4.78, 5) is 2.53. The van der Waals surface area contributed by atoms with Crippen LogP contribution in [0.2, 0.25) is 0 Å². The van der Waals surface area contributed by atoms with Crippen molar-refractivity contribution < 1.29 is 0 Å². The first kappa shape index (κ1) is 16.2. The maximum Gasteiger partial charge on any atom is 0.0332 e. The van der Waals surface area contributed by atoms with E-state index in [2.05, 4.69) is 69.1 Å². The van der Waals surface area contributed by atoms with Gasteiger partial charge in [-0.1, -0.05) is 43.7 Å². The van der Waals surface area contributed by atoms with E-state index in [1.54, 1.807) is 0 Å². The molecule has 0 fully saturated rings. The van der Waals surface area contributed by atoms with Gasteiger partial charge in [-0.3, -0.25) is 0 Å². The van der Waals surface area contributed by atoms with Gasteiger partial charge in [0, 0.05) is 18.6 Å². The summed E-state index contributed by atoms with van der Waals surface area (Å²) in [7, 11) is 0. The maximum atomic E-state index is 3.61. The third-order valence-corrected chi connectivity index (χ3v) is 3.77.